The minimum absolute atomic E-state index is 0.298. The molecule has 0 spiro atoms. The lowest BCUT2D eigenvalue weighted by Crippen LogP contribution is -2.16. The number of methoxy groups -OCH3 is 1. The van der Waals surface area contributed by atoms with Crippen molar-refractivity contribution in [3.63, 3.8) is 0 Å². The third-order valence-corrected chi connectivity index (χ3v) is 3.35. The Kier molecular flexibility index (Phi) is 3.38. The fraction of sp³-hybridized carbons (Fsp3) is 0.571. The van der Waals surface area contributed by atoms with Gasteiger partial charge < -0.3 is 10.1 Å². The highest BCUT2D eigenvalue weighted by Crippen LogP contribution is 2.35. The van der Waals surface area contributed by atoms with Crippen molar-refractivity contribution >= 4 is 0 Å². The summed E-state index contributed by atoms with van der Waals surface area (Å²) in [4.78, 5) is 0. The first-order valence-corrected chi connectivity index (χ1v) is 6.13. The van der Waals surface area contributed by atoms with Gasteiger partial charge in [0.2, 0.25) is 0 Å². The summed E-state index contributed by atoms with van der Waals surface area (Å²) in [5, 5.41) is 3.42. The van der Waals surface area contributed by atoms with E-state index in [4.69, 9.17) is 4.74 Å². The SMILES string of the molecule is COc1ccc(C(C)(C)F)cc1C1CCCN1. The maximum absolute atomic E-state index is 14.0. The molecule has 1 N–H and O–H groups in total. The molecule has 1 fully saturated rings. The monoisotopic (exact) mass is 237 g/mol. The molecule has 1 atom stereocenters. The van der Waals surface area contributed by atoms with Gasteiger partial charge in [-0.1, -0.05) is 6.07 Å². The predicted octanol–water partition coefficient (Wildman–Crippen LogP) is 3.32. The molecule has 1 aromatic carbocycles. The van der Waals surface area contributed by atoms with Crippen molar-refractivity contribution in [1.29, 1.82) is 0 Å². The summed E-state index contributed by atoms with van der Waals surface area (Å²) >= 11 is 0. The molecule has 0 radical (unpaired) electrons. The minimum Gasteiger partial charge on any atom is -0.496 e. The summed E-state index contributed by atoms with van der Waals surface area (Å²) in [6.07, 6.45) is 2.25. The highest BCUT2D eigenvalue weighted by molar-refractivity contribution is 5.41. The number of hydrogen-bond acceptors (Lipinski definition) is 2. The Morgan fingerprint density at radius 2 is 2.18 bits per heavy atom. The fourth-order valence-corrected chi connectivity index (χ4v) is 2.33. The van der Waals surface area contributed by atoms with Gasteiger partial charge in [0.1, 0.15) is 11.4 Å². The molecule has 3 heteroatoms. The van der Waals surface area contributed by atoms with E-state index in [1.807, 2.05) is 12.1 Å². The first kappa shape index (κ1) is 12.4. The minimum atomic E-state index is -1.31. The van der Waals surface area contributed by atoms with Crippen molar-refractivity contribution < 1.29 is 9.13 Å². The third-order valence-electron chi connectivity index (χ3n) is 3.35. The van der Waals surface area contributed by atoms with Crippen LogP contribution in [0.15, 0.2) is 18.2 Å². The van der Waals surface area contributed by atoms with Crippen LogP contribution in [0.4, 0.5) is 4.39 Å². The Labute approximate surface area is 102 Å². The second kappa shape index (κ2) is 4.65. The van der Waals surface area contributed by atoms with Gasteiger partial charge >= 0.3 is 0 Å². The largest absolute Gasteiger partial charge is 0.496 e. The Bertz CT molecular complexity index is 392. The van der Waals surface area contributed by atoms with Gasteiger partial charge in [-0.25, -0.2) is 4.39 Å². The molecule has 2 nitrogen and oxygen atoms in total. The van der Waals surface area contributed by atoms with Crippen molar-refractivity contribution in [3.05, 3.63) is 29.3 Å². The topological polar surface area (TPSA) is 21.3 Å². The van der Waals surface area contributed by atoms with E-state index in [9.17, 15) is 4.39 Å². The standard InChI is InChI=1S/C14H20FNO/c1-14(2,15)10-6-7-13(17-3)11(9-10)12-5-4-8-16-12/h6-7,9,12,16H,4-5,8H2,1-3H3. The van der Waals surface area contributed by atoms with E-state index in [0.717, 1.165) is 30.7 Å². The molecule has 1 unspecified atom stereocenters. The van der Waals surface area contributed by atoms with Gasteiger partial charge in [0, 0.05) is 11.6 Å². The Hall–Kier alpha value is -1.09. The first-order valence-electron chi connectivity index (χ1n) is 6.13. The van der Waals surface area contributed by atoms with E-state index >= 15 is 0 Å². The van der Waals surface area contributed by atoms with E-state index in [0.29, 0.717) is 11.6 Å². The molecule has 0 saturated carbocycles. The van der Waals surface area contributed by atoms with Crippen LogP contribution in [-0.2, 0) is 5.67 Å². The van der Waals surface area contributed by atoms with Crippen molar-refractivity contribution in [2.45, 2.75) is 38.4 Å². The molecule has 1 saturated heterocycles. The Balaban J connectivity index is 2.39. The highest BCUT2D eigenvalue weighted by Gasteiger charge is 2.24. The molecular weight excluding hydrogens is 217 g/mol. The molecule has 94 valence electrons. The van der Waals surface area contributed by atoms with Gasteiger partial charge in [0.25, 0.3) is 0 Å². The van der Waals surface area contributed by atoms with E-state index in [1.54, 1.807) is 27.0 Å². The molecule has 1 aromatic rings. The molecule has 1 heterocycles. The zero-order chi connectivity index (χ0) is 12.5. The van der Waals surface area contributed by atoms with Gasteiger partial charge in [-0.15, -0.1) is 0 Å². The van der Waals surface area contributed by atoms with Crippen molar-refractivity contribution in [2.75, 3.05) is 13.7 Å². The van der Waals surface area contributed by atoms with Crippen LogP contribution in [0.5, 0.6) is 5.75 Å². The number of alkyl halides is 1. The van der Waals surface area contributed by atoms with Gasteiger partial charge in [0.15, 0.2) is 0 Å². The van der Waals surface area contributed by atoms with Gasteiger partial charge in [-0.3, -0.25) is 0 Å². The Morgan fingerprint density at radius 1 is 1.41 bits per heavy atom. The van der Waals surface area contributed by atoms with Crippen molar-refractivity contribution in [1.82, 2.24) is 5.32 Å². The van der Waals surface area contributed by atoms with Crippen LogP contribution >= 0.6 is 0 Å². The molecular formula is C14H20FNO. The summed E-state index contributed by atoms with van der Waals surface area (Å²) in [6, 6.07) is 5.90. The van der Waals surface area contributed by atoms with Crippen LogP contribution in [0.25, 0.3) is 0 Å². The zero-order valence-electron chi connectivity index (χ0n) is 10.7. The lowest BCUT2D eigenvalue weighted by atomic mass is 9.94. The maximum atomic E-state index is 14.0. The van der Waals surface area contributed by atoms with Crippen LogP contribution in [0.2, 0.25) is 0 Å². The van der Waals surface area contributed by atoms with E-state index < -0.39 is 5.67 Å². The molecule has 0 aromatic heterocycles. The smallest absolute Gasteiger partial charge is 0.130 e. The molecule has 1 aliphatic heterocycles. The number of ether oxygens (including phenoxy) is 1. The lowest BCUT2D eigenvalue weighted by molar-refractivity contribution is 0.221. The van der Waals surface area contributed by atoms with E-state index in [1.165, 1.54) is 0 Å². The summed E-state index contributed by atoms with van der Waals surface area (Å²) < 4.78 is 19.3. The van der Waals surface area contributed by atoms with Crippen LogP contribution < -0.4 is 10.1 Å². The first-order chi connectivity index (χ1) is 8.02. The number of halogens is 1. The molecule has 0 amide bonds. The molecule has 17 heavy (non-hydrogen) atoms. The zero-order valence-corrected chi connectivity index (χ0v) is 10.7. The Morgan fingerprint density at radius 3 is 2.71 bits per heavy atom. The van der Waals surface area contributed by atoms with Gasteiger partial charge in [0.05, 0.1) is 7.11 Å². The van der Waals surface area contributed by atoms with Gasteiger partial charge in [-0.2, -0.15) is 0 Å². The predicted molar refractivity (Wildman–Crippen MR) is 67.1 cm³/mol. The average molecular weight is 237 g/mol. The summed E-state index contributed by atoms with van der Waals surface area (Å²) in [5.74, 6) is 0.845. The molecule has 2 rings (SSSR count). The summed E-state index contributed by atoms with van der Waals surface area (Å²) in [7, 11) is 1.66. The van der Waals surface area contributed by atoms with Gasteiger partial charge in [-0.05, 0) is 50.9 Å². The van der Waals surface area contributed by atoms with Crippen LogP contribution in [-0.4, -0.2) is 13.7 Å². The van der Waals surface area contributed by atoms with E-state index in [-0.39, 0.29) is 0 Å². The quantitative estimate of drug-likeness (QED) is 0.870. The van der Waals surface area contributed by atoms with Crippen LogP contribution in [0, 0.1) is 0 Å². The normalized spacial score (nSPS) is 20.6. The fourth-order valence-electron chi connectivity index (χ4n) is 2.33. The van der Waals surface area contributed by atoms with Crippen molar-refractivity contribution in [2.24, 2.45) is 0 Å². The van der Waals surface area contributed by atoms with Crippen LogP contribution in [0.3, 0.4) is 0 Å². The average Bonchev–Trinajstić information content (AvgIpc) is 2.80. The van der Waals surface area contributed by atoms with Crippen molar-refractivity contribution in [3.8, 4) is 5.75 Å². The maximum Gasteiger partial charge on any atom is 0.130 e. The molecule has 0 bridgehead atoms. The number of rotatable bonds is 3. The number of nitrogens with one attached hydrogen (secondary N) is 1. The second-order valence-corrected chi connectivity index (χ2v) is 5.08. The van der Waals surface area contributed by atoms with Crippen LogP contribution in [0.1, 0.15) is 43.9 Å². The highest BCUT2D eigenvalue weighted by atomic mass is 19.1. The lowest BCUT2D eigenvalue weighted by Gasteiger charge is -2.20. The summed E-state index contributed by atoms with van der Waals surface area (Å²) in [6.45, 7) is 4.19. The third kappa shape index (κ3) is 2.60. The molecule has 1 aliphatic rings. The molecule has 0 aliphatic carbocycles. The van der Waals surface area contributed by atoms with E-state index in [2.05, 4.69) is 5.32 Å². The second-order valence-electron chi connectivity index (χ2n) is 5.08. The summed E-state index contributed by atoms with van der Waals surface area (Å²) in [5.41, 5.74) is 0.481. The number of hydrogen-bond donors (Lipinski definition) is 1. The number of benzene rings is 1.